The van der Waals surface area contributed by atoms with Crippen molar-refractivity contribution in [1.29, 1.82) is 0 Å². The molecule has 2 atom stereocenters. The molecule has 0 aliphatic heterocycles. The maximum absolute atomic E-state index is 9.05. The van der Waals surface area contributed by atoms with E-state index in [9.17, 15) is 0 Å². The van der Waals surface area contributed by atoms with Crippen molar-refractivity contribution < 1.29 is 9.84 Å². The highest BCUT2D eigenvalue weighted by molar-refractivity contribution is 4.68. The fraction of sp³-hybridized carbons (Fsp3) is 1.00. The fourth-order valence-electron chi connectivity index (χ4n) is 1.07. The predicted octanol–water partition coefficient (Wildman–Crippen LogP) is 2.07. The van der Waals surface area contributed by atoms with Gasteiger partial charge in [0.1, 0.15) is 0 Å². The second-order valence-corrected chi connectivity index (χ2v) is 3.69. The molecule has 0 amide bonds. The standard InChI is InChI=1S/C10H22O2/c1-5-6-12-10(7-11)9(4)8(2)3/h8-11H,5-7H2,1-4H3. The van der Waals surface area contributed by atoms with Gasteiger partial charge in [-0.15, -0.1) is 0 Å². The van der Waals surface area contributed by atoms with Crippen LogP contribution in [0, 0.1) is 11.8 Å². The Bertz CT molecular complexity index is 102. The molecule has 2 unspecified atom stereocenters. The molecule has 74 valence electrons. The SMILES string of the molecule is CCCOC(CO)C(C)C(C)C. The Morgan fingerprint density at radius 1 is 1.25 bits per heavy atom. The van der Waals surface area contributed by atoms with Gasteiger partial charge in [-0.2, -0.15) is 0 Å². The minimum atomic E-state index is 0.0185. The molecule has 0 rings (SSSR count). The lowest BCUT2D eigenvalue weighted by atomic mass is 9.92. The van der Waals surface area contributed by atoms with Gasteiger partial charge in [-0.3, -0.25) is 0 Å². The summed E-state index contributed by atoms with van der Waals surface area (Å²) < 4.78 is 5.51. The first-order chi connectivity index (χ1) is 5.63. The first kappa shape index (κ1) is 11.9. The molecule has 0 heterocycles. The number of hydrogen-bond donors (Lipinski definition) is 1. The van der Waals surface area contributed by atoms with E-state index < -0.39 is 0 Å². The van der Waals surface area contributed by atoms with Crippen molar-refractivity contribution in [2.24, 2.45) is 11.8 Å². The first-order valence-electron chi connectivity index (χ1n) is 4.85. The Labute approximate surface area is 75.9 Å². The summed E-state index contributed by atoms with van der Waals surface area (Å²) in [5, 5.41) is 9.05. The molecule has 2 heteroatoms. The summed E-state index contributed by atoms with van der Waals surface area (Å²) in [6.45, 7) is 9.41. The van der Waals surface area contributed by atoms with Crippen LogP contribution >= 0.6 is 0 Å². The van der Waals surface area contributed by atoms with Gasteiger partial charge in [0, 0.05) is 6.61 Å². The molecule has 0 saturated carbocycles. The molecular formula is C10H22O2. The third-order valence-electron chi connectivity index (χ3n) is 2.35. The lowest BCUT2D eigenvalue weighted by molar-refractivity contribution is -0.0298. The van der Waals surface area contributed by atoms with E-state index in [1.807, 2.05) is 0 Å². The Morgan fingerprint density at radius 2 is 1.83 bits per heavy atom. The molecule has 0 aromatic heterocycles. The van der Waals surface area contributed by atoms with Crippen LogP contribution in [0.4, 0.5) is 0 Å². The summed E-state index contributed by atoms with van der Waals surface area (Å²) in [6, 6.07) is 0. The van der Waals surface area contributed by atoms with Gasteiger partial charge < -0.3 is 9.84 Å². The van der Waals surface area contributed by atoms with Gasteiger partial charge in [-0.25, -0.2) is 0 Å². The van der Waals surface area contributed by atoms with Crippen LogP contribution in [0.3, 0.4) is 0 Å². The van der Waals surface area contributed by atoms with E-state index in [1.165, 1.54) is 0 Å². The van der Waals surface area contributed by atoms with Crippen molar-refractivity contribution in [3.8, 4) is 0 Å². The van der Waals surface area contributed by atoms with E-state index >= 15 is 0 Å². The molecule has 0 bridgehead atoms. The van der Waals surface area contributed by atoms with E-state index in [1.54, 1.807) is 0 Å². The Kier molecular flexibility index (Phi) is 6.39. The average molecular weight is 174 g/mol. The lowest BCUT2D eigenvalue weighted by Gasteiger charge is -2.25. The molecule has 1 N–H and O–H groups in total. The zero-order valence-corrected chi connectivity index (χ0v) is 8.71. The van der Waals surface area contributed by atoms with E-state index in [0.29, 0.717) is 11.8 Å². The Hall–Kier alpha value is -0.0800. The summed E-state index contributed by atoms with van der Waals surface area (Å²) in [6.07, 6.45) is 1.03. The second kappa shape index (κ2) is 6.44. The fourth-order valence-corrected chi connectivity index (χ4v) is 1.07. The highest BCUT2D eigenvalue weighted by Crippen LogP contribution is 2.16. The molecule has 0 aliphatic carbocycles. The van der Waals surface area contributed by atoms with E-state index in [-0.39, 0.29) is 12.7 Å². The van der Waals surface area contributed by atoms with E-state index in [0.717, 1.165) is 13.0 Å². The molecule has 0 fully saturated rings. The molecule has 0 aliphatic rings. The summed E-state index contributed by atoms with van der Waals surface area (Å²) in [4.78, 5) is 0. The molecule has 0 spiro atoms. The molecule has 12 heavy (non-hydrogen) atoms. The van der Waals surface area contributed by atoms with Crippen molar-refractivity contribution in [2.45, 2.75) is 40.2 Å². The predicted molar refractivity (Wildman–Crippen MR) is 51.1 cm³/mol. The van der Waals surface area contributed by atoms with Gasteiger partial charge in [0.05, 0.1) is 12.7 Å². The van der Waals surface area contributed by atoms with Crippen molar-refractivity contribution in [1.82, 2.24) is 0 Å². The normalized spacial score (nSPS) is 16.5. The van der Waals surface area contributed by atoms with Gasteiger partial charge in [-0.05, 0) is 18.3 Å². The maximum atomic E-state index is 9.05. The van der Waals surface area contributed by atoms with Crippen LogP contribution in [-0.4, -0.2) is 24.4 Å². The summed E-state index contributed by atoms with van der Waals surface area (Å²) >= 11 is 0. The second-order valence-electron chi connectivity index (χ2n) is 3.69. The number of aliphatic hydroxyl groups is 1. The van der Waals surface area contributed by atoms with Crippen LogP contribution in [0.5, 0.6) is 0 Å². The first-order valence-corrected chi connectivity index (χ1v) is 4.85. The Morgan fingerprint density at radius 3 is 2.17 bits per heavy atom. The minimum Gasteiger partial charge on any atom is -0.394 e. The van der Waals surface area contributed by atoms with Crippen molar-refractivity contribution in [2.75, 3.05) is 13.2 Å². The summed E-state index contributed by atoms with van der Waals surface area (Å²) in [5.74, 6) is 1.00. The topological polar surface area (TPSA) is 29.5 Å². The van der Waals surface area contributed by atoms with Gasteiger partial charge in [-0.1, -0.05) is 27.7 Å². The van der Waals surface area contributed by atoms with Crippen molar-refractivity contribution in [3.63, 3.8) is 0 Å². The van der Waals surface area contributed by atoms with E-state index in [4.69, 9.17) is 9.84 Å². The van der Waals surface area contributed by atoms with E-state index in [2.05, 4.69) is 27.7 Å². The molecular weight excluding hydrogens is 152 g/mol. The zero-order valence-electron chi connectivity index (χ0n) is 8.71. The van der Waals surface area contributed by atoms with Gasteiger partial charge in [0.2, 0.25) is 0 Å². The highest BCUT2D eigenvalue weighted by atomic mass is 16.5. The number of aliphatic hydroxyl groups excluding tert-OH is 1. The molecule has 2 nitrogen and oxygen atoms in total. The molecule has 0 radical (unpaired) electrons. The van der Waals surface area contributed by atoms with Crippen molar-refractivity contribution >= 4 is 0 Å². The third-order valence-corrected chi connectivity index (χ3v) is 2.35. The van der Waals surface area contributed by atoms with Crippen molar-refractivity contribution in [3.05, 3.63) is 0 Å². The zero-order chi connectivity index (χ0) is 9.56. The summed E-state index contributed by atoms with van der Waals surface area (Å²) in [7, 11) is 0. The molecule has 0 aromatic carbocycles. The molecule has 0 aromatic rings. The summed E-state index contributed by atoms with van der Waals surface area (Å²) in [5.41, 5.74) is 0. The lowest BCUT2D eigenvalue weighted by Crippen LogP contribution is -2.29. The van der Waals surface area contributed by atoms with Crippen LogP contribution < -0.4 is 0 Å². The molecule has 0 saturated heterocycles. The van der Waals surface area contributed by atoms with Crippen LogP contribution in [0.1, 0.15) is 34.1 Å². The van der Waals surface area contributed by atoms with Crippen LogP contribution in [-0.2, 0) is 4.74 Å². The van der Waals surface area contributed by atoms with Gasteiger partial charge in [0.25, 0.3) is 0 Å². The monoisotopic (exact) mass is 174 g/mol. The van der Waals surface area contributed by atoms with Gasteiger partial charge >= 0.3 is 0 Å². The minimum absolute atomic E-state index is 0.0185. The quantitative estimate of drug-likeness (QED) is 0.668. The largest absolute Gasteiger partial charge is 0.394 e. The van der Waals surface area contributed by atoms with Crippen LogP contribution in [0.25, 0.3) is 0 Å². The number of rotatable bonds is 6. The average Bonchev–Trinajstić information content (AvgIpc) is 2.05. The number of hydrogen-bond acceptors (Lipinski definition) is 2. The smallest absolute Gasteiger partial charge is 0.0833 e. The van der Waals surface area contributed by atoms with Crippen LogP contribution in [0.15, 0.2) is 0 Å². The third kappa shape index (κ3) is 4.07. The Balaban J connectivity index is 3.79. The van der Waals surface area contributed by atoms with Gasteiger partial charge in [0.15, 0.2) is 0 Å². The number of ether oxygens (including phenoxy) is 1. The maximum Gasteiger partial charge on any atom is 0.0833 e. The highest BCUT2D eigenvalue weighted by Gasteiger charge is 2.19. The van der Waals surface area contributed by atoms with Crippen LogP contribution in [0.2, 0.25) is 0 Å².